The Balaban J connectivity index is 3.07. The van der Waals surface area contributed by atoms with Gasteiger partial charge in [0.25, 0.3) is 0 Å². The van der Waals surface area contributed by atoms with Crippen molar-refractivity contribution < 1.29 is 30.0 Å². The number of hydrogen-bond donors (Lipinski definition) is 4. The number of rotatable bonds is 6. The van der Waals surface area contributed by atoms with E-state index in [1.807, 2.05) is 0 Å². The van der Waals surface area contributed by atoms with Crippen molar-refractivity contribution >= 4 is 11.9 Å². The highest BCUT2D eigenvalue weighted by Crippen LogP contribution is 2.21. The van der Waals surface area contributed by atoms with Gasteiger partial charge in [0, 0.05) is 6.42 Å². The minimum Gasteiger partial charge on any atom is -0.481 e. The molecule has 0 aliphatic rings. The molecule has 6 nitrogen and oxygen atoms in total. The lowest BCUT2D eigenvalue weighted by Gasteiger charge is -2.13. The maximum atomic E-state index is 10.7. The zero-order chi connectivity index (χ0) is 13.7. The predicted octanol–water partition coefficient (Wildman–Crippen LogP) is 0.314. The molecule has 0 heterocycles. The van der Waals surface area contributed by atoms with Crippen LogP contribution in [0.15, 0.2) is 18.2 Å². The van der Waals surface area contributed by atoms with Gasteiger partial charge in [-0.2, -0.15) is 0 Å². The Kier molecular flexibility index (Phi) is 4.82. The van der Waals surface area contributed by atoms with E-state index in [2.05, 4.69) is 0 Å². The van der Waals surface area contributed by atoms with Crippen molar-refractivity contribution in [2.75, 3.05) is 0 Å². The average Bonchev–Trinajstić information content (AvgIpc) is 2.34. The molecule has 1 rings (SSSR count). The van der Waals surface area contributed by atoms with Crippen LogP contribution >= 0.6 is 0 Å². The Morgan fingerprint density at radius 3 is 2.39 bits per heavy atom. The number of aliphatic hydroxyl groups excluding tert-OH is 2. The van der Waals surface area contributed by atoms with Crippen molar-refractivity contribution in [3.8, 4) is 0 Å². The summed E-state index contributed by atoms with van der Waals surface area (Å²) in [5, 5.41) is 35.8. The molecule has 0 saturated heterocycles. The fraction of sp³-hybridized carbons (Fsp3) is 0.333. The van der Waals surface area contributed by atoms with E-state index >= 15 is 0 Å². The van der Waals surface area contributed by atoms with Gasteiger partial charge in [0.05, 0.1) is 6.61 Å². The van der Waals surface area contributed by atoms with Crippen LogP contribution in [-0.4, -0.2) is 32.4 Å². The first-order chi connectivity index (χ1) is 8.45. The number of carboxylic acid groups (broad SMARTS) is 2. The molecule has 0 amide bonds. The van der Waals surface area contributed by atoms with Crippen LogP contribution in [0, 0.1) is 0 Å². The number of carbonyl (C=O) groups is 2. The average molecular weight is 254 g/mol. The van der Waals surface area contributed by atoms with E-state index in [0.717, 1.165) is 0 Å². The zero-order valence-electron chi connectivity index (χ0n) is 9.54. The molecule has 1 unspecified atom stereocenters. The van der Waals surface area contributed by atoms with Crippen molar-refractivity contribution in [1.82, 2.24) is 0 Å². The summed E-state index contributed by atoms with van der Waals surface area (Å²) in [6.45, 7) is -0.233. The summed E-state index contributed by atoms with van der Waals surface area (Å²) in [6.07, 6.45) is -1.77. The second kappa shape index (κ2) is 6.13. The summed E-state index contributed by atoms with van der Waals surface area (Å²) in [4.78, 5) is 21.2. The van der Waals surface area contributed by atoms with E-state index in [1.165, 1.54) is 18.2 Å². The van der Waals surface area contributed by atoms with Gasteiger partial charge in [-0.1, -0.05) is 18.2 Å². The van der Waals surface area contributed by atoms with Crippen molar-refractivity contribution in [2.45, 2.75) is 25.6 Å². The molecule has 1 atom stereocenters. The van der Waals surface area contributed by atoms with Crippen LogP contribution in [0.1, 0.15) is 29.2 Å². The smallest absolute Gasteiger partial charge is 0.337 e. The summed E-state index contributed by atoms with van der Waals surface area (Å²) in [5.41, 5.74) is 1.11. The largest absolute Gasteiger partial charge is 0.481 e. The SMILES string of the molecule is O=C(O)CCc1cc(CO)ccc1C(O)C(=O)O. The Morgan fingerprint density at radius 1 is 1.22 bits per heavy atom. The molecule has 1 aromatic carbocycles. The van der Waals surface area contributed by atoms with Crippen molar-refractivity contribution in [3.63, 3.8) is 0 Å². The Labute approximate surface area is 103 Å². The molecule has 98 valence electrons. The number of hydrogen-bond acceptors (Lipinski definition) is 4. The van der Waals surface area contributed by atoms with Gasteiger partial charge >= 0.3 is 11.9 Å². The van der Waals surface area contributed by atoms with Gasteiger partial charge in [-0.05, 0) is 23.1 Å². The first-order valence-electron chi connectivity index (χ1n) is 5.31. The minimum absolute atomic E-state index is 0.100. The third-order valence-electron chi connectivity index (χ3n) is 2.53. The van der Waals surface area contributed by atoms with Crippen LogP contribution in [0.25, 0.3) is 0 Å². The van der Waals surface area contributed by atoms with Gasteiger partial charge in [0.1, 0.15) is 0 Å². The van der Waals surface area contributed by atoms with E-state index < -0.39 is 18.0 Å². The quantitative estimate of drug-likeness (QED) is 0.581. The molecule has 0 radical (unpaired) electrons. The highest BCUT2D eigenvalue weighted by atomic mass is 16.4. The summed E-state index contributed by atoms with van der Waals surface area (Å²) < 4.78 is 0. The molecule has 1 aromatic rings. The molecule has 0 saturated carbocycles. The van der Waals surface area contributed by atoms with E-state index in [-0.39, 0.29) is 25.0 Å². The second-order valence-electron chi connectivity index (χ2n) is 3.83. The number of aliphatic carboxylic acids is 2. The monoisotopic (exact) mass is 254 g/mol. The van der Waals surface area contributed by atoms with Gasteiger partial charge in [-0.15, -0.1) is 0 Å². The third kappa shape index (κ3) is 3.54. The molecule has 0 spiro atoms. The molecule has 6 heteroatoms. The molecule has 0 fully saturated rings. The van der Waals surface area contributed by atoms with E-state index in [9.17, 15) is 14.7 Å². The molecule has 18 heavy (non-hydrogen) atoms. The molecule has 0 bridgehead atoms. The molecule has 4 N–H and O–H groups in total. The van der Waals surface area contributed by atoms with Crippen LogP contribution < -0.4 is 0 Å². The first kappa shape index (κ1) is 14.1. The topological polar surface area (TPSA) is 115 Å². The summed E-state index contributed by atoms with van der Waals surface area (Å²) >= 11 is 0. The molecule has 0 aliphatic heterocycles. The number of carboxylic acids is 2. The summed E-state index contributed by atoms with van der Waals surface area (Å²) in [7, 11) is 0. The van der Waals surface area contributed by atoms with Crippen LogP contribution in [0.5, 0.6) is 0 Å². The lowest BCUT2D eigenvalue weighted by molar-refractivity contribution is -0.147. The number of aliphatic hydroxyl groups is 2. The van der Waals surface area contributed by atoms with Gasteiger partial charge in [-0.25, -0.2) is 4.79 Å². The Morgan fingerprint density at radius 2 is 1.89 bits per heavy atom. The number of aryl methyl sites for hydroxylation is 1. The van der Waals surface area contributed by atoms with Crippen LogP contribution in [-0.2, 0) is 22.6 Å². The Bertz CT molecular complexity index is 454. The normalized spacial score (nSPS) is 12.1. The Hall–Kier alpha value is -1.92. The van der Waals surface area contributed by atoms with Crippen molar-refractivity contribution in [3.05, 3.63) is 34.9 Å². The lowest BCUT2D eigenvalue weighted by atomic mass is 9.96. The van der Waals surface area contributed by atoms with Gasteiger partial charge in [0.2, 0.25) is 0 Å². The predicted molar refractivity (Wildman–Crippen MR) is 60.9 cm³/mol. The van der Waals surface area contributed by atoms with Gasteiger partial charge in [-0.3, -0.25) is 4.79 Å². The van der Waals surface area contributed by atoms with Crippen molar-refractivity contribution in [2.24, 2.45) is 0 Å². The summed E-state index contributed by atoms with van der Waals surface area (Å²) in [6, 6.07) is 4.39. The molecular weight excluding hydrogens is 240 g/mol. The van der Waals surface area contributed by atoms with Crippen LogP contribution in [0.2, 0.25) is 0 Å². The molecule has 0 aromatic heterocycles. The summed E-state index contributed by atoms with van der Waals surface area (Å²) in [5.74, 6) is -2.41. The van der Waals surface area contributed by atoms with E-state index in [0.29, 0.717) is 11.1 Å². The van der Waals surface area contributed by atoms with E-state index in [4.69, 9.17) is 15.3 Å². The number of benzene rings is 1. The fourth-order valence-corrected chi connectivity index (χ4v) is 1.62. The van der Waals surface area contributed by atoms with Crippen LogP contribution in [0.3, 0.4) is 0 Å². The minimum atomic E-state index is -1.69. The maximum absolute atomic E-state index is 10.7. The standard InChI is InChI=1S/C12H14O6/c13-6-7-1-3-9(11(16)12(17)18)8(5-7)2-4-10(14)15/h1,3,5,11,13,16H,2,4,6H2,(H,14,15)(H,17,18). The second-order valence-corrected chi connectivity index (χ2v) is 3.83. The zero-order valence-corrected chi connectivity index (χ0v) is 9.54. The van der Waals surface area contributed by atoms with Gasteiger partial charge in [0.15, 0.2) is 6.10 Å². The van der Waals surface area contributed by atoms with E-state index in [1.54, 1.807) is 0 Å². The molecular formula is C12H14O6. The first-order valence-corrected chi connectivity index (χ1v) is 5.31. The maximum Gasteiger partial charge on any atom is 0.337 e. The van der Waals surface area contributed by atoms with Gasteiger partial charge < -0.3 is 20.4 Å². The highest BCUT2D eigenvalue weighted by Gasteiger charge is 2.19. The lowest BCUT2D eigenvalue weighted by Crippen LogP contribution is -2.13. The van der Waals surface area contributed by atoms with Crippen molar-refractivity contribution in [1.29, 1.82) is 0 Å². The third-order valence-corrected chi connectivity index (χ3v) is 2.53. The van der Waals surface area contributed by atoms with Crippen LogP contribution in [0.4, 0.5) is 0 Å². The molecule has 0 aliphatic carbocycles. The highest BCUT2D eigenvalue weighted by molar-refractivity contribution is 5.75. The fourth-order valence-electron chi connectivity index (χ4n) is 1.62.